The largest absolute Gasteiger partial charge is 0.209 e. The minimum Gasteiger partial charge on any atom is -0.209 e. The lowest BCUT2D eigenvalue weighted by molar-refractivity contribution is 0.494. The van der Waals surface area contributed by atoms with Crippen molar-refractivity contribution >= 4 is 0 Å². The van der Waals surface area contributed by atoms with Crippen molar-refractivity contribution in [2.24, 2.45) is 5.92 Å². The molecule has 4 heteroatoms. The van der Waals surface area contributed by atoms with Gasteiger partial charge in [-0.05, 0) is 13.3 Å². The van der Waals surface area contributed by atoms with E-state index >= 15 is 0 Å². The third-order valence-corrected chi connectivity index (χ3v) is 1.34. The summed E-state index contributed by atoms with van der Waals surface area (Å²) in [6.45, 7) is 1.00. The Hall–Kier alpha value is -1.42. The first-order valence-electron chi connectivity index (χ1n) is 3.41. The molecule has 0 spiro atoms. The third-order valence-electron chi connectivity index (χ3n) is 1.34. The first-order chi connectivity index (χ1) is 5.61. The van der Waals surface area contributed by atoms with Crippen molar-refractivity contribution in [3.05, 3.63) is 11.7 Å². The maximum absolute atomic E-state index is 12.4. The van der Waals surface area contributed by atoms with Gasteiger partial charge in [0.1, 0.15) is 17.6 Å². The van der Waals surface area contributed by atoms with Crippen LogP contribution in [0.4, 0.5) is 8.78 Å². The molecule has 0 bridgehead atoms. The number of halogens is 2. The lowest BCUT2D eigenvalue weighted by Crippen LogP contribution is -1.92. The number of nitrogens with zero attached hydrogens (tertiary/aromatic N) is 2. The molecule has 0 aliphatic heterocycles. The monoisotopic (exact) mass is 170 g/mol. The number of nitriles is 2. The van der Waals surface area contributed by atoms with Gasteiger partial charge in [-0.2, -0.15) is 10.5 Å². The molecule has 64 valence electrons. The van der Waals surface area contributed by atoms with E-state index in [9.17, 15) is 8.78 Å². The van der Waals surface area contributed by atoms with Crippen LogP contribution in [0.25, 0.3) is 0 Å². The van der Waals surface area contributed by atoms with Gasteiger partial charge in [0.15, 0.2) is 0 Å². The summed E-state index contributed by atoms with van der Waals surface area (Å²) in [6.07, 6.45) is -0.145. The minimum absolute atomic E-state index is 0.0418. The van der Waals surface area contributed by atoms with Crippen LogP contribution in [0, 0.1) is 28.6 Å². The highest BCUT2D eigenvalue weighted by molar-refractivity contribution is 5.03. The second kappa shape index (κ2) is 5.26. The molecular formula is C8H8F2N2. The maximum atomic E-state index is 12.4. The Morgan fingerprint density at radius 2 is 1.83 bits per heavy atom. The molecule has 2 nitrogen and oxygen atoms in total. The summed E-state index contributed by atoms with van der Waals surface area (Å²) < 4.78 is 24.5. The average molecular weight is 170 g/mol. The van der Waals surface area contributed by atoms with Crippen LogP contribution >= 0.6 is 0 Å². The molecule has 0 amide bonds. The Kier molecular flexibility index (Phi) is 4.64. The fraction of sp³-hybridized carbons (Fsp3) is 0.500. The van der Waals surface area contributed by atoms with Crippen LogP contribution in [-0.2, 0) is 0 Å². The van der Waals surface area contributed by atoms with Crippen molar-refractivity contribution in [2.45, 2.75) is 19.8 Å². The zero-order chi connectivity index (χ0) is 9.56. The first-order valence-corrected chi connectivity index (χ1v) is 3.41. The molecule has 0 aliphatic carbocycles. The Bertz CT molecular complexity index is 239. The molecule has 0 aromatic carbocycles. The van der Waals surface area contributed by atoms with Crippen LogP contribution in [0.1, 0.15) is 19.8 Å². The lowest BCUT2D eigenvalue weighted by Gasteiger charge is -1.97. The molecule has 0 aromatic rings. The van der Waals surface area contributed by atoms with E-state index < -0.39 is 17.6 Å². The summed E-state index contributed by atoms with van der Waals surface area (Å²) in [4.78, 5) is 0. The lowest BCUT2D eigenvalue weighted by atomic mass is 10.1. The van der Waals surface area contributed by atoms with Crippen molar-refractivity contribution in [3.63, 3.8) is 0 Å². The van der Waals surface area contributed by atoms with E-state index in [0.717, 1.165) is 6.92 Å². The molecule has 0 fully saturated rings. The van der Waals surface area contributed by atoms with Crippen molar-refractivity contribution in [1.82, 2.24) is 0 Å². The highest BCUT2D eigenvalue weighted by Crippen LogP contribution is 2.16. The quantitative estimate of drug-likeness (QED) is 0.653. The zero-order valence-corrected chi connectivity index (χ0v) is 6.64. The van der Waals surface area contributed by atoms with Crippen LogP contribution < -0.4 is 0 Å². The average Bonchev–Trinajstić information content (AvgIpc) is 2.05. The Morgan fingerprint density at radius 1 is 1.33 bits per heavy atom. The molecule has 0 radical (unpaired) electrons. The predicted octanol–water partition coefficient (Wildman–Crippen LogP) is 2.60. The highest BCUT2D eigenvalue weighted by atomic mass is 19.2. The van der Waals surface area contributed by atoms with E-state index in [2.05, 4.69) is 0 Å². The van der Waals surface area contributed by atoms with Crippen LogP contribution in [0.3, 0.4) is 0 Å². The van der Waals surface area contributed by atoms with Crippen molar-refractivity contribution < 1.29 is 8.78 Å². The van der Waals surface area contributed by atoms with Gasteiger partial charge in [0.2, 0.25) is 0 Å². The van der Waals surface area contributed by atoms with Crippen LogP contribution in [0.15, 0.2) is 11.7 Å². The molecule has 12 heavy (non-hydrogen) atoms. The summed E-state index contributed by atoms with van der Waals surface area (Å²) in [5, 5.41) is 16.5. The van der Waals surface area contributed by atoms with Gasteiger partial charge in [0, 0.05) is 6.42 Å². The second-order valence-corrected chi connectivity index (χ2v) is 2.29. The first kappa shape index (κ1) is 10.6. The van der Waals surface area contributed by atoms with Crippen molar-refractivity contribution in [3.8, 4) is 12.1 Å². The Balaban J connectivity index is 3.95. The van der Waals surface area contributed by atoms with Gasteiger partial charge in [0.05, 0.1) is 12.1 Å². The number of rotatable bonds is 3. The van der Waals surface area contributed by atoms with E-state index in [-0.39, 0.29) is 12.8 Å². The number of hydrogen-bond donors (Lipinski definition) is 0. The molecule has 0 saturated heterocycles. The molecule has 0 atom stereocenters. The standard InChI is InChI=1S/C8H8F2N2/c1-6(9)8(10)3-2-7(4-11)5-12/h7H,2-3H2,1H3/b8-6+. The van der Waals surface area contributed by atoms with E-state index in [1.807, 2.05) is 0 Å². The van der Waals surface area contributed by atoms with Crippen LogP contribution in [0.5, 0.6) is 0 Å². The van der Waals surface area contributed by atoms with Gasteiger partial charge >= 0.3 is 0 Å². The molecule has 0 aromatic heterocycles. The van der Waals surface area contributed by atoms with Gasteiger partial charge in [-0.25, -0.2) is 8.78 Å². The third kappa shape index (κ3) is 3.68. The van der Waals surface area contributed by atoms with E-state index in [1.165, 1.54) is 0 Å². The highest BCUT2D eigenvalue weighted by Gasteiger charge is 2.08. The number of allylic oxidation sites excluding steroid dienone is 2. The predicted molar refractivity (Wildman–Crippen MR) is 38.9 cm³/mol. The van der Waals surface area contributed by atoms with E-state index in [1.54, 1.807) is 12.1 Å². The number of hydrogen-bond acceptors (Lipinski definition) is 2. The molecular weight excluding hydrogens is 162 g/mol. The molecule has 0 heterocycles. The summed E-state index contributed by atoms with van der Waals surface area (Å²) >= 11 is 0. The molecule has 0 N–H and O–H groups in total. The molecule has 0 unspecified atom stereocenters. The molecule has 0 aliphatic rings. The zero-order valence-electron chi connectivity index (χ0n) is 6.64. The van der Waals surface area contributed by atoms with Gasteiger partial charge in [-0.15, -0.1) is 0 Å². The summed E-state index contributed by atoms with van der Waals surface area (Å²) in [7, 11) is 0. The summed E-state index contributed by atoms with van der Waals surface area (Å²) in [5.74, 6) is -2.62. The minimum atomic E-state index is -0.885. The summed E-state index contributed by atoms with van der Waals surface area (Å²) in [6, 6.07) is 3.35. The fourth-order valence-corrected chi connectivity index (χ4v) is 0.601. The van der Waals surface area contributed by atoms with Crippen LogP contribution in [0.2, 0.25) is 0 Å². The smallest absolute Gasteiger partial charge is 0.133 e. The second-order valence-electron chi connectivity index (χ2n) is 2.29. The SMILES string of the molecule is C/C(F)=C(\F)CCC(C#N)C#N. The van der Waals surface area contributed by atoms with Gasteiger partial charge in [0.25, 0.3) is 0 Å². The molecule has 0 rings (SSSR count). The van der Waals surface area contributed by atoms with E-state index in [0.29, 0.717) is 0 Å². The Labute approximate surface area is 69.7 Å². The van der Waals surface area contributed by atoms with E-state index in [4.69, 9.17) is 10.5 Å². The molecule has 0 saturated carbocycles. The van der Waals surface area contributed by atoms with Gasteiger partial charge in [-0.1, -0.05) is 0 Å². The topological polar surface area (TPSA) is 47.6 Å². The van der Waals surface area contributed by atoms with Gasteiger partial charge in [-0.3, -0.25) is 0 Å². The fourth-order valence-electron chi connectivity index (χ4n) is 0.601. The normalized spacial score (nSPS) is 11.8. The van der Waals surface area contributed by atoms with Gasteiger partial charge < -0.3 is 0 Å². The van der Waals surface area contributed by atoms with Crippen LogP contribution in [-0.4, -0.2) is 0 Å². The summed E-state index contributed by atoms with van der Waals surface area (Å²) in [5.41, 5.74) is 0. The maximum Gasteiger partial charge on any atom is 0.133 e. The van der Waals surface area contributed by atoms with Crippen molar-refractivity contribution in [2.75, 3.05) is 0 Å². The Morgan fingerprint density at radius 3 is 2.17 bits per heavy atom. The van der Waals surface area contributed by atoms with Crippen molar-refractivity contribution in [1.29, 1.82) is 10.5 Å².